The Morgan fingerprint density at radius 3 is 2.29 bits per heavy atom. The monoisotopic (exact) mass is 196 g/mol. The average molecular weight is 196 g/mol. The molecule has 0 bridgehead atoms. The van der Waals surface area contributed by atoms with E-state index in [1.54, 1.807) is 0 Å². The van der Waals surface area contributed by atoms with Gasteiger partial charge in [-0.2, -0.15) is 0 Å². The highest BCUT2D eigenvalue weighted by molar-refractivity contribution is 4.80. The fourth-order valence-corrected chi connectivity index (χ4v) is 2.83. The van der Waals surface area contributed by atoms with Crippen molar-refractivity contribution in [1.29, 1.82) is 0 Å². The molecule has 0 aromatic carbocycles. The first-order valence-corrected chi connectivity index (χ1v) is 6.29. The van der Waals surface area contributed by atoms with Gasteiger partial charge in [-0.25, -0.2) is 0 Å². The van der Waals surface area contributed by atoms with E-state index in [0.717, 1.165) is 12.1 Å². The number of likely N-dealkylation sites (tertiary alicyclic amines) is 1. The van der Waals surface area contributed by atoms with E-state index in [-0.39, 0.29) is 0 Å². The molecule has 2 nitrogen and oxygen atoms in total. The topological polar surface area (TPSA) is 15.3 Å². The van der Waals surface area contributed by atoms with E-state index in [1.165, 1.54) is 58.0 Å². The van der Waals surface area contributed by atoms with Gasteiger partial charge in [0.05, 0.1) is 0 Å². The molecule has 82 valence electrons. The first kappa shape index (κ1) is 10.4. The molecule has 2 aliphatic rings. The Balaban J connectivity index is 1.73. The molecule has 14 heavy (non-hydrogen) atoms. The second-order valence-electron chi connectivity index (χ2n) is 5.08. The van der Waals surface area contributed by atoms with Crippen molar-refractivity contribution in [1.82, 2.24) is 10.2 Å². The molecule has 1 aliphatic carbocycles. The predicted molar refractivity (Wildman–Crippen MR) is 60.5 cm³/mol. The summed E-state index contributed by atoms with van der Waals surface area (Å²) in [6.07, 6.45) is 9.86. The molecular weight excluding hydrogens is 172 g/mol. The van der Waals surface area contributed by atoms with Crippen LogP contribution in [0.2, 0.25) is 0 Å². The Labute approximate surface area is 88.1 Å². The standard InChI is InChI=1S/C12H24N2/c1-14-9-4-7-12(8-10-14)13-11-5-2-3-6-11/h11-13H,2-10H2,1H3. The van der Waals surface area contributed by atoms with Crippen LogP contribution < -0.4 is 5.32 Å². The van der Waals surface area contributed by atoms with Crippen LogP contribution in [0.5, 0.6) is 0 Å². The summed E-state index contributed by atoms with van der Waals surface area (Å²) in [5, 5.41) is 3.85. The van der Waals surface area contributed by atoms with Crippen LogP contribution in [0.25, 0.3) is 0 Å². The minimum atomic E-state index is 0.808. The first-order valence-electron chi connectivity index (χ1n) is 6.29. The van der Waals surface area contributed by atoms with Crippen LogP contribution in [-0.4, -0.2) is 37.1 Å². The van der Waals surface area contributed by atoms with Crippen LogP contribution in [0.1, 0.15) is 44.9 Å². The summed E-state index contributed by atoms with van der Waals surface area (Å²) in [6, 6.07) is 1.66. The lowest BCUT2D eigenvalue weighted by Gasteiger charge is -2.21. The van der Waals surface area contributed by atoms with Crippen molar-refractivity contribution in [3.63, 3.8) is 0 Å². The molecule has 1 saturated carbocycles. The zero-order chi connectivity index (χ0) is 9.80. The number of nitrogens with zero attached hydrogens (tertiary/aromatic N) is 1. The van der Waals surface area contributed by atoms with Crippen molar-refractivity contribution in [2.75, 3.05) is 20.1 Å². The Morgan fingerprint density at radius 1 is 0.857 bits per heavy atom. The maximum Gasteiger partial charge on any atom is 0.00823 e. The van der Waals surface area contributed by atoms with Crippen LogP contribution in [-0.2, 0) is 0 Å². The van der Waals surface area contributed by atoms with E-state index >= 15 is 0 Å². The third-order valence-electron chi connectivity index (χ3n) is 3.78. The van der Waals surface area contributed by atoms with Gasteiger partial charge >= 0.3 is 0 Å². The van der Waals surface area contributed by atoms with E-state index in [1.807, 2.05) is 0 Å². The van der Waals surface area contributed by atoms with Crippen molar-refractivity contribution in [3.05, 3.63) is 0 Å². The highest BCUT2D eigenvalue weighted by Crippen LogP contribution is 2.20. The Bertz CT molecular complexity index is 164. The van der Waals surface area contributed by atoms with E-state index in [9.17, 15) is 0 Å². The summed E-state index contributed by atoms with van der Waals surface area (Å²) >= 11 is 0. The number of nitrogens with one attached hydrogen (secondary N) is 1. The maximum absolute atomic E-state index is 3.85. The number of hydrogen-bond donors (Lipinski definition) is 1. The molecule has 0 aromatic heterocycles. The molecule has 0 amide bonds. The molecule has 2 heteroatoms. The third-order valence-corrected chi connectivity index (χ3v) is 3.78. The summed E-state index contributed by atoms with van der Waals surface area (Å²) in [4.78, 5) is 2.47. The second-order valence-corrected chi connectivity index (χ2v) is 5.08. The van der Waals surface area contributed by atoms with Crippen LogP contribution >= 0.6 is 0 Å². The van der Waals surface area contributed by atoms with E-state index in [2.05, 4.69) is 17.3 Å². The zero-order valence-corrected chi connectivity index (χ0v) is 9.47. The Hall–Kier alpha value is -0.0800. The molecule has 1 atom stereocenters. The number of rotatable bonds is 2. The van der Waals surface area contributed by atoms with E-state index < -0.39 is 0 Å². The van der Waals surface area contributed by atoms with Crippen molar-refractivity contribution in [3.8, 4) is 0 Å². The molecular formula is C12H24N2. The Morgan fingerprint density at radius 2 is 1.50 bits per heavy atom. The second kappa shape index (κ2) is 5.13. The van der Waals surface area contributed by atoms with Gasteiger partial charge in [-0.3, -0.25) is 0 Å². The van der Waals surface area contributed by atoms with E-state index in [4.69, 9.17) is 0 Å². The molecule has 1 heterocycles. The third kappa shape index (κ3) is 2.96. The molecule has 0 aromatic rings. The maximum atomic E-state index is 3.85. The summed E-state index contributed by atoms with van der Waals surface area (Å²) in [5.41, 5.74) is 0. The summed E-state index contributed by atoms with van der Waals surface area (Å²) in [5.74, 6) is 0. The highest BCUT2D eigenvalue weighted by atomic mass is 15.1. The fraction of sp³-hybridized carbons (Fsp3) is 1.00. The molecule has 2 rings (SSSR count). The Kier molecular flexibility index (Phi) is 3.82. The highest BCUT2D eigenvalue weighted by Gasteiger charge is 2.20. The quantitative estimate of drug-likeness (QED) is 0.727. The predicted octanol–water partition coefficient (Wildman–Crippen LogP) is 2.00. The van der Waals surface area contributed by atoms with Gasteiger partial charge in [0.15, 0.2) is 0 Å². The molecule has 1 unspecified atom stereocenters. The van der Waals surface area contributed by atoms with Crippen LogP contribution in [0.3, 0.4) is 0 Å². The van der Waals surface area contributed by atoms with Crippen molar-refractivity contribution in [2.24, 2.45) is 0 Å². The number of hydrogen-bond acceptors (Lipinski definition) is 2. The average Bonchev–Trinajstić information content (AvgIpc) is 2.58. The van der Waals surface area contributed by atoms with Gasteiger partial charge in [0.2, 0.25) is 0 Å². The van der Waals surface area contributed by atoms with Crippen molar-refractivity contribution < 1.29 is 0 Å². The molecule has 0 radical (unpaired) electrons. The van der Waals surface area contributed by atoms with Crippen LogP contribution in [0.4, 0.5) is 0 Å². The molecule has 1 aliphatic heterocycles. The summed E-state index contributed by atoms with van der Waals surface area (Å²) < 4.78 is 0. The first-order chi connectivity index (χ1) is 6.84. The van der Waals surface area contributed by atoms with Crippen molar-refractivity contribution in [2.45, 2.75) is 57.0 Å². The van der Waals surface area contributed by atoms with Gasteiger partial charge in [0, 0.05) is 12.1 Å². The van der Waals surface area contributed by atoms with Gasteiger partial charge in [0.1, 0.15) is 0 Å². The smallest absolute Gasteiger partial charge is 0.00823 e. The van der Waals surface area contributed by atoms with Crippen molar-refractivity contribution >= 4 is 0 Å². The zero-order valence-electron chi connectivity index (χ0n) is 9.47. The summed E-state index contributed by atoms with van der Waals surface area (Å²) in [7, 11) is 2.25. The molecule has 0 spiro atoms. The van der Waals surface area contributed by atoms with Gasteiger partial charge < -0.3 is 10.2 Å². The minimum Gasteiger partial charge on any atom is -0.311 e. The minimum absolute atomic E-state index is 0.808. The van der Waals surface area contributed by atoms with E-state index in [0.29, 0.717) is 0 Å². The van der Waals surface area contributed by atoms with Gasteiger partial charge in [0.25, 0.3) is 0 Å². The SMILES string of the molecule is CN1CCCC(NC2CCCC2)CC1. The van der Waals surface area contributed by atoms with Crippen LogP contribution in [0, 0.1) is 0 Å². The lowest BCUT2D eigenvalue weighted by Crippen LogP contribution is -2.37. The normalized spacial score (nSPS) is 31.9. The van der Waals surface area contributed by atoms with Gasteiger partial charge in [-0.05, 0) is 52.2 Å². The van der Waals surface area contributed by atoms with Crippen LogP contribution in [0.15, 0.2) is 0 Å². The molecule has 1 N–H and O–H groups in total. The fourth-order valence-electron chi connectivity index (χ4n) is 2.83. The lowest BCUT2D eigenvalue weighted by molar-refractivity contribution is 0.338. The molecule has 2 fully saturated rings. The summed E-state index contributed by atoms with van der Waals surface area (Å²) in [6.45, 7) is 2.58. The lowest BCUT2D eigenvalue weighted by atomic mass is 10.1. The van der Waals surface area contributed by atoms with Gasteiger partial charge in [-0.1, -0.05) is 12.8 Å². The molecule has 1 saturated heterocycles. The largest absolute Gasteiger partial charge is 0.311 e. The van der Waals surface area contributed by atoms with Gasteiger partial charge in [-0.15, -0.1) is 0 Å².